The lowest BCUT2D eigenvalue weighted by atomic mass is 10.1. The predicted molar refractivity (Wildman–Crippen MR) is 124 cm³/mol. The van der Waals surface area contributed by atoms with E-state index < -0.39 is 6.17 Å². The van der Waals surface area contributed by atoms with Crippen LogP contribution in [0.5, 0.6) is 5.75 Å². The Bertz CT molecular complexity index is 1220. The standard InChI is InChI=1S/C20H15BrCl2N4O2S/c1-3-6-30-20-25-19(28)16-12-7-10(21)4-5-15(12)24-18(27(16)26-20)13-8-11(22)9-14(23)17(13)29-2/h3-5,7-9,18H,1,6H2,2H3,(H,25,26,28)/t18-/m0/s1. The highest BCUT2D eigenvalue weighted by Crippen LogP contribution is 2.41. The molecule has 2 aliphatic rings. The van der Waals surface area contributed by atoms with Crippen LogP contribution in [0.1, 0.15) is 11.7 Å². The van der Waals surface area contributed by atoms with Gasteiger partial charge in [0.25, 0.3) is 5.91 Å². The summed E-state index contributed by atoms with van der Waals surface area (Å²) in [5, 5.41) is 11.6. The average Bonchev–Trinajstić information content (AvgIpc) is 2.71. The van der Waals surface area contributed by atoms with Crippen LogP contribution in [0.3, 0.4) is 0 Å². The van der Waals surface area contributed by atoms with Crippen LogP contribution >= 0.6 is 50.9 Å². The van der Waals surface area contributed by atoms with Crippen molar-refractivity contribution in [2.24, 2.45) is 10.1 Å². The Balaban J connectivity index is 1.99. The zero-order valence-corrected chi connectivity index (χ0v) is 19.6. The molecule has 154 valence electrons. The number of hydrogen-bond acceptors (Lipinski definition) is 6. The zero-order valence-electron chi connectivity index (χ0n) is 15.7. The van der Waals surface area contributed by atoms with Crippen molar-refractivity contribution in [3.8, 4) is 5.75 Å². The Morgan fingerprint density at radius 1 is 1.37 bits per heavy atom. The van der Waals surface area contributed by atoms with Gasteiger partial charge in [-0.05, 0) is 30.3 Å². The summed E-state index contributed by atoms with van der Waals surface area (Å²) in [5.74, 6) is 0.748. The van der Waals surface area contributed by atoms with E-state index in [0.717, 1.165) is 4.47 Å². The van der Waals surface area contributed by atoms with Crippen LogP contribution in [0.2, 0.25) is 10.0 Å². The third-order valence-corrected chi connectivity index (χ3v) is 6.28. The molecule has 0 radical (unpaired) electrons. The summed E-state index contributed by atoms with van der Waals surface area (Å²) in [6, 6.07) is 8.88. The molecular formula is C20H15BrCl2N4O2S. The van der Waals surface area contributed by atoms with Gasteiger partial charge in [0.05, 0.1) is 17.5 Å². The van der Waals surface area contributed by atoms with Gasteiger partial charge in [-0.25, -0.2) is 5.01 Å². The Morgan fingerprint density at radius 2 is 2.17 bits per heavy atom. The van der Waals surface area contributed by atoms with Crippen LogP contribution < -0.4 is 20.6 Å². The molecule has 2 aromatic rings. The van der Waals surface area contributed by atoms with Crippen molar-refractivity contribution in [2.45, 2.75) is 6.17 Å². The Kier molecular flexibility index (Phi) is 6.11. The van der Waals surface area contributed by atoms with E-state index in [-0.39, 0.29) is 5.91 Å². The molecule has 1 N–H and O–H groups in total. The van der Waals surface area contributed by atoms with E-state index in [2.05, 4.69) is 32.9 Å². The Hall–Kier alpha value is -2.00. The van der Waals surface area contributed by atoms with Crippen molar-refractivity contribution in [1.29, 1.82) is 0 Å². The maximum Gasteiger partial charge on any atom is 0.276 e. The lowest BCUT2D eigenvalue weighted by Gasteiger charge is -2.34. The number of benzene rings is 2. The molecule has 0 bridgehead atoms. The minimum absolute atomic E-state index is 0.275. The normalized spacial score (nSPS) is 17.4. The second kappa shape index (κ2) is 8.63. The number of ether oxygens (including phenoxy) is 1. The third kappa shape index (κ3) is 3.85. The van der Waals surface area contributed by atoms with E-state index in [1.807, 2.05) is 18.2 Å². The van der Waals surface area contributed by atoms with Crippen molar-refractivity contribution in [3.63, 3.8) is 0 Å². The highest BCUT2D eigenvalue weighted by molar-refractivity contribution is 9.10. The molecule has 4 rings (SSSR count). The van der Waals surface area contributed by atoms with Gasteiger partial charge in [-0.3, -0.25) is 15.1 Å². The van der Waals surface area contributed by atoms with Gasteiger partial charge in [0.1, 0.15) is 11.4 Å². The summed E-state index contributed by atoms with van der Waals surface area (Å²) in [6.07, 6.45) is 1.05. The van der Waals surface area contributed by atoms with Crippen LogP contribution in [-0.4, -0.2) is 28.9 Å². The molecule has 0 saturated carbocycles. The third-order valence-electron chi connectivity index (χ3n) is 4.43. The second-order valence-electron chi connectivity index (χ2n) is 6.33. The first-order chi connectivity index (χ1) is 14.4. The van der Waals surface area contributed by atoms with Gasteiger partial charge in [-0.15, -0.1) is 11.7 Å². The number of carbonyl (C=O) groups excluding carboxylic acids is 1. The first-order valence-corrected chi connectivity index (χ1v) is 11.3. The van der Waals surface area contributed by atoms with Crippen LogP contribution in [0.15, 0.2) is 57.6 Å². The maximum atomic E-state index is 13.1. The van der Waals surface area contributed by atoms with Crippen LogP contribution in [0.4, 0.5) is 0 Å². The van der Waals surface area contributed by atoms with Crippen molar-refractivity contribution < 1.29 is 9.53 Å². The largest absolute Gasteiger partial charge is 0.495 e. The monoisotopic (exact) mass is 524 g/mol. The number of carbonyl (C=O) groups is 1. The average molecular weight is 526 g/mol. The molecule has 2 aliphatic heterocycles. The summed E-state index contributed by atoms with van der Waals surface area (Å²) < 4.78 is 6.36. The molecule has 6 nitrogen and oxygen atoms in total. The van der Waals surface area contributed by atoms with Crippen LogP contribution in [-0.2, 0) is 4.79 Å². The second-order valence-corrected chi connectivity index (χ2v) is 9.09. The minimum atomic E-state index is -0.690. The van der Waals surface area contributed by atoms with Gasteiger partial charge >= 0.3 is 0 Å². The van der Waals surface area contributed by atoms with Crippen molar-refractivity contribution in [1.82, 2.24) is 10.3 Å². The first-order valence-electron chi connectivity index (χ1n) is 8.76. The van der Waals surface area contributed by atoms with Gasteiger partial charge in [0.2, 0.25) is 0 Å². The minimum Gasteiger partial charge on any atom is -0.495 e. The Morgan fingerprint density at radius 3 is 2.90 bits per heavy atom. The summed E-state index contributed by atoms with van der Waals surface area (Å²) >= 11 is 17.5. The molecular weight excluding hydrogens is 511 g/mol. The van der Waals surface area contributed by atoms with E-state index in [1.54, 1.807) is 23.2 Å². The fraction of sp³-hybridized carbons (Fsp3) is 0.150. The fourth-order valence-electron chi connectivity index (χ4n) is 3.24. The fourth-order valence-corrected chi connectivity index (χ4v) is 4.78. The number of fused-ring (bicyclic) bond motifs is 2. The molecule has 1 atom stereocenters. The van der Waals surface area contributed by atoms with Crippen LogP contribution in [0, 0.1) is 0 Å². The zero-order chi connectivity index (χ0) is 21.4. The molecule has 30 heavy (non-hydrogen) atoms. The van der Waals surface area contributed by atoms with Gasteiger partial charge in [0.15, 0.2) is 11.3 Å². The predicted octanol–water partition coefficient (Wildman–Crippen LogP) is 3.83. The SMILES string of the molecule is C=CCSC1=NN2C(=c3cc(Br)ccc3=N[C@@H]2c2cc(Cl)cc(Cl)c2OC)C(=O)N1. The highest BCUT2D eigenvalue weighted by atomic mass is 79.9. The van der Waals surface area contributed by atoms with Crippen molar-refractivity contribution >= 4 is 67.7 Å². The molecule has 2 aromatic carbocycles. The van der Waals surface area contributed by atoms with E-state index >= 15 is 0 Å². The quantitative estimate of drug-likeness (QED) is 0.616. The van der Waals surface area contributed by atoms with E-state index in [0.29, 0.717) is 48.6 Å². The topological polar surface area (TPSA) is 66.3 Å². The lowest BCUT2D eigenvalue weighted by Crippen LogP contribution is -2.50. The van der Waals surface area contributed by atoms with E-state index in [1.165, 1.54) is 18.9 Å². The maximum absolute atomic E-state index is 13.1. The number of rotatable bonds is 4. The van der Waals surface area contributed by atoms with Gasteiger partial charge in [0, 0.05) is 26.0 Å². The van der Waals surface area contributed by atoms with Crippen molar-refractivity contribution in [2.75, 3.05) is 12.9 Å². The number of amides is 1. The molecule has 0 fully saturated rings. The number of nitrogens with one attached hydrogen (secondary N) is 1. The van der Waals surface area contributed by atoms with Gasteiger partial charge in [-0.2, -0.15) is 0 Å². The molecule has 0 aromatic heterocycles. The highest BCUT2D eigenvalue weighted by Gasteiger charge is 2.36. The molecule has 1 amide bonds. The summed E-state index contributed by atoms with van der Waals surface area (Å²) in [7, 11) is 1.52. The molecule has 0 spiro atoms. The number of methoxy groups -OCH3 is 1. The molecule has 0 saturated heterocycles. The van der Waals surface area contributed by atoms with Gasteiger partial charge in [-0.1, -0.05) is 57.0 Å². The Labute approximate surface area is 195 Å². The number of thioether (sulfide) groups is 1. The van der Waals surface area contributed by atoms with E-state index in [9.17, 15) is 4.79 Å². The number of halogens is 3. The van der Waals surface area contributed by atoms with Crippen LogP contribution in [0.25, 0.3) is 5.70 Å². The van der Waals surface area contributed by atoms with Gasteiger partial charge < -0.3 is 4.74 Å². The smallest absolute Gasteiger partial charge is 0.276 e. The first kappa shape index (κ1) is 21.2. The summed E-state index contributed by atoms with van der Waals surface area (Å²) in [6.45, 7) is 3.71. The molecule has 2 heterocycles. The number of hydrazone groups is 1. The van der Waals surface area contributed by atoms with E-state index in [4.69, 9.17) is 32.9 Å². The number of hydrogen-bond donors (Lipinski definition) is 1. The lowest BCUT2D eigenvalue weighted by molar-refractivity contribution is -0.116. The summed E-state index contributed by atoms with van der Waals surface area (Å²) in [5.41, 5.74) is 0.986. The number of amidine groups is 1. The summed E-state index contributed by atoms with van der Waals surface area (Å²) in [4.78, 5) is 17.9. The molecule has 0 aliphatic carbocycles. The molecule has 10 heteroatoms. The van der Waals surface area contributed by atoms with Crippen molar-refractivity contribution in [3.05, 3.63) is 73.6 Å². The number of nitrogens with zero attached hydrogens (tertiary/aromatic N) is 3. The molecule has 0 unspecified atom stereocenters.